The third kappa shape index (κ3) is 1.78. The zero-order valence-electron chi connectivity index (χ0n) is 8.55. The van der Waals surface area contributed by atoms with Crippen LogP contribution in [0.1, 0.15) is 31.1 Å². The zero-order chi connectivity index (χ0) is 10.2. The molecule has 3 heteroatoms. The van der Waals surface area contributed by atoms with E-state index in [1.165, 1.54) is 11.3 Å². The van der Waals surface area contributed by atoms with Crippen LogP contribution in [-0.4, -0.2) is 12.5 Å². The molecule has 1 aromatic heterocycles. The van der Waals surface area contributed by atoms with Crippen LogP contribution in [0.3, 0.4) is 0 Å². The van der Waals surface area contributed by atoms with E-state index in [2.05, 4.69) is 13.0 Å². The van der Waals surface area contributed by atoms with Gasteiger partial charge in [-0.25, -0.2) is 0 Å². The van der Waals surface area contributed by atoms with Gasteiger partial charge in [-0.15, -0.1) is 22.9 Å². The Hall–Kier alpha value is -0.210. The maximum atomic E-state index is 6.16. The molecule has 0 radical (unpaired) electrons. The van der Waals surface area contributed by atoms with Crippen molar-refractivity contribution >= 4 is 22.9 Å². The number of alkyl halides is 1. The van der Waals surface area contributed by atoms with E-state index < -0.39 is 0 Å². The SMILES string of the molecule is COc1ccc(C2(C)CCC(Cl)C2)s1. The van der Waals surface area contributed by atoms with Crippen LogP contribution in [-0.2, 0) is 5.41 Å². The molecule has 1 nitrogen and oxygen atoms in total. The number of halogens is 1. The van der Waals surface area contributed by atoms with Crippen molar-refractivity contribution in [2.45, 2.75) is 37.0 Å². The standard InChI is InChI=1S/C11H15ClOS/c1-11(6-5-8(12)7-11)9-3-4-10(13-2)14-9/h3-4,8H,5-7H2,1-2H3. The molecule has 1 aliphatic rings. The monoisotopic (exact) mass is 230 g/mol. The predicted molar refractivity (Wildman–Crippen MR) is 61.7 cm³/mol. The van der Waals surface area contributed by atoms with E-state index in [0.29, 0.717) is 5.38 Å². The molecule has 0 bridgehead atoms. The number of rotatable bonds is 2. The van der Waals surface area contributed by atoms with E-state index in [-0.39, 0.29) is 5.41 Å². The van der Waals surface area contributed by atoms with Crippen LogP contribution in [0.2, 0.25) is 0 Å². The summed E-state index contributed by atoms with van der Waals surface area (Å²) in [6.45, 7) is 2.31. The zero-order valence-corrected chi connectivity index (χ0v) is 10.1. The van der Waals surface area contributed by atoms with Gasteiger partial charge < -0.3 is 4.74 Å². The molecule has 1 saturated carbocycles. The third-order valence-corrected chi connectivity index (χ3v) is 4.78. The highest BCUT2D eigenvalue weighted by Crippen LogP contribution is 2.46. The van der Waals surface area contributed by atoms with Crippen LogP contribution in [0.4, 0.5) is 0 Å². The average Bonchev–Trinajstić information content (AvgIpc) is 2.73. The first kappa shape index (κ1) is 10.3. The molecule has 1 heterocycles. The van der Waals surface area contributed by atoms with Crippen LogP contribution >= 0.6 is 22.9 Å². The highest BCUT2D eigenvalue weighted by molar-refractivity contribution is 7.14. The van der Waals surface area contributed by atoms with Crippen molar-refractivity contribution in [3.8, 4) is 5.06 Å². The fourth-order valence-corrected chi connectivity index (χ4v) is 3.60. The number of hydrogen-bond acceptors (Lipinski definition) is 2. The van der Waals surface area contributed by atoms with Gasteiger partial charge in [0.15, 0.2) is 5.06 Å². The van der Waals surface area contributed by atoms with Crippen molar-refractivity contribution in [2.24, 2.45) is 0 Å². The van der Waals surface area contributed by atoms with Crippen molar-refractivity contribution in [2.75, 3.05) is 7.11 Å². The van der Waals surface area contributed by atoms with E-state index in [1.807, 2.05) is 6.07 Å². The number of hydrogen-bond donors (Lipinski definition) is 0. The lowest BCUT2D eigenvalue weighted by molar-refractivity contribution is 0.427. The fraction of sp³-hybridized carbons (Fsp3) is 0.636. The van der Waals surface area contributed by atoms with E-state index in [9.17, 15) is 0 Å². The Morgan fingerprint density at radius 3 is 2.86 bits per heavy atom. The van der Waals surface area contributed by atoms with Crippen LogP contribution < -0.4 is 4.74 Å². The summed E-state index contributed by atoms with van der Waals surface area (Å²) in [7, 11) is 1.72. The van der Waals surface area contributed by atoms with Crippen molar-refractivity contribution in [1.82, 2.24) is 0 Å². The number of thiophene rings is 1. The Morgan fingerprint density at radius 2 is 2.36 bits per heavy atom. The highest BCUT2D eigenvalue weighted by Gasteiger charge is 2.36. The van der Waals surface area contributed by atoms with Gasteiger partial charge >= 0.3 is 0 Å². The molecule has 1 fully saturated rings. The Bertz CT molecular complexity index is 323. The lowest BCUT2D eigenvalue weighted by Crippen LogP contribution is -2.15. The molecule has 2 unspecified atom stereocenters. The minimum Gasteiger partial charge on any atom is -0.487 e. The van der Waals surface area contributed by atoms with Gasteiger partial charge in [0.2, 0.25) is 0 Å². The second-order valence-electron chi connectivity index (χ2n) is 4.22. The summed E-state index contributed by atoms with van der Waals surface area (Å²) in [6, 6.07) is 4.23. The van der Waals surface area contributed by atoms with E-state index in [1.54, 1.807) is 18.4 Å². The van der Waals surface area contributed by atoms with Gasteiger partial charge in [0, 0.05) is 15.7 Å². The Kier molecular flexibility index (Phi) is 2.76. The van der Waals surface area contributed by atoms with Crippen molar-refractivity contribution < 1.29 is 4.74 Å². The summed E-state index contributed by atoms with van der Waals surface area (Å²) >= 11 is 7.91. The first-order chi connectivity index (χ1) is 6.64. The maximum Gasteiger partial charge on any atom is 0.173 e. The summed E-state index contributed by atoms with van der Waals surface area (Å²) in [5.41, 5.74) is 0.286. The topological polar surface area (TPSA) is 9.23 Å². The first-order valence-electron chi connectivity index (χ1n) is 4.92. The molecule has 0 N–H and O–H groups in total. The van der Waals surface area contributed by atoms with Crippen molar-refractivity contribution in [3.05, 3.63) is 17.0 Å². The van der Waals surface area contributed by atoms with E-state index in [4.69, 9.17) is 16.3 Å². The summed E-state index contributed by atoms with van der Waals surface area (Å²) < 4.78 is 5.21. The molecule has 78 valence electrons. The van der Waals surface area contributed by atoms with Crippen LogP contribution in [0.5, 0.6) is 5.06 Å². The lowest BCUT2D eigenvalue weighted by atomic mass is 9.87. The maximum absolute atomic E-state index is 6.16. The second kappa shape index (κ2) is 3.74. The van der Waals surface area contributed by atoms with Gasteiger partial charge in [-0.1, -0.05) is 6.92 Å². The normalized spacial score (nSPS) is 32.1. The van der Waals surface area contributed by atoms with Gasteiger partial charge in [0.1, 0.15) is 0 Å². The molecule has 1 aromatic rings. The third-order valence-electron chi connectivity index (χ3n) is 3.06. The smallest absolute Gasteiger partial charge is 0.173 e. The molecular formula is C11H15ClOS. The van der Waals surface area contributed by atoms with Crippen molar-refractivity contribution in [3.63, 3.8) is 0 Å². The first-order valence-corrected chi connectivity index (χ1v) is 6.18. The van der Waals surface area contributed by atoms with Gasteiger partial charge in [-0.05, 0) is 31.4 Å². The van der Waals surface area contributed by atoms with Gasteiger partial charge in [0.05, 0.1) is 7.11 Å². The Morgan fingerprint density at radius 1 is 1.57 bits per heavy atom. The molecule has 0 aliphatic heterocycles. The number of ether oxygens (including phenoxy) is 1. The summed E-state index contributed by atoms with van der Waals surface area (Å²) in [5.74, 6) is 0. The molecule has 0 aromatic carbocycles. The fourth-order valence-electron chi connectivity index (χ4n) is 2.15. The van der Waals surface area contributed by atoms with Crippen LogP contribution in [0.15, 0.2) is 12.1 Å². The van der Waals surface area contributed by atoms with E-state index in [0.717, 1.165) is 17.9 Å². The highest BCUT2D eigenvalue weighted by atomic mass is 35.5. The quantitative estimate of drug-likeness (QED) is 0.703. The summed E-state index contributed by atoms with van der Waals surface area (Å²) in [4.78, 5) is 1.41. The minimum absolute atomic E-state index is 0.286. The predicted octanol–water partition coefficient (Wildman–Crippen LogP) is 3.81. The summed E-state index contributed by atoms with van der Waals surface area (Å²) in [6.07, 6.45) is 3.43. The average molecular weight is 231 g/mol. The van der Waals surface area contributed by atoms with Gasteiger partial charge in [-0.2, -0.15) is 0 Å². The summed E-state index contributed by atoms with van der Waals surface area (Å²) in [5, 5.41) is 1.35. The molecule has 2 rings (SSSR count). The Balaban J connectivity index is 2.21. The minimum atomic E-state index is 0.286. The largest absolute Gasteiger partial charge is 0.487 e. The lowest BCUT2D eigenvalue weighted by Gasteiger charge is -2.21. The molecule has 2 atom stereocenters. The molecular weight excluding hydrogens is 216 g/mol. The van der Waals surface area contributed by atoms with Crippen LogP contribution in [0.25, 0.3) is 0 Å². The molecule has 0 amide bonds. The van der Waals surface area contributed by atoms with Crippen molar-refractivity contribution in [1.29, 1.82) is 0 Å². The molecule has 1 aliphatic carbocycles. The Labute approximate surface area is 94.0 Å². The van der Waals surface area contributed by atoms with E-state index >= 15 is 0 Å². The van der Waals surface area contributed by atoms with Gasteiger partial charge in [0.25, 0.3) is 0 Å². The van der Waals surface area contributed by atoms with Gasteiger partial charge in [-0.3, -0.25) is 0 Å². The molecule has 14 heavy (non-hydrogen) atoms. The second-order valence-corrected chi connectivity index (χ2v) is 5.89. The molecule has 0 saturated heterocycles. The van der Waals surface area contributed by atoms with Crippen LogP contribution in [0, 0.1) is 0 Å². The molecule has 0 spiro atoms. The number of methoxy groups -OCH3 is 1.